The van der Waals surface area contributed by atoms with Crippen LogP contribution in [0.1, 0.15) is 34.1 Å². The number of ether oxygens (including phenoxy) is 2. The van der Waals surface area contributed by atoms with E-state index < -0.39 is 5.60 Å². The number of rotatable bonds is 7. The molecule has 0 saturated heterocycles. The first-order valence-electron chi connectivity index (χ1n) is 6.84. The van der Waals surface area contributed by atoms with Crippen molar-refractivity contribution in [1.82, 2.24) is 0 Å². The van der Waals surface area contributed by atoms with Crippen molar-refractivity contribution in [2.24, 2.45) is 0 Å². The van der Waals surface area contributed by atoms with Gasteiger partial charge in [-0.1, -0.05) is 18.5 Å². The van der Waals surface area contributed by atoms with Crippen molar-refractivity contribution in [2.75, 3.05) is 18.5 Å². The van der Waals surface area contributed by atoms with Gasteiger partial charge in [0.25, 0.3) is 5.91 Å². The summed E-state index contributed by atoms with van der Waals surface area (Å²) < 4.78 is 10.9. The van der Waals surface area contributed by atoms with E-state index >= 15 is 0 Å². The average Bonchev–Trinajstić information content (AvgIpc) is 2.42. The maximum atomic E-state index is 12.3. The van der Waals surface area contributed by atoms with E-state index in [0.717, 1.165) is 0 Å². The van der Waals surface area contributed by atoms with Crippen molar-refractivity contribution in [3.63, 3.8) is 0 Å². The number of nitrogens with one attached hydrogen (secondary N) is 1. The molecule has 1 aromatic rings. The lowest BCUT2D eigenvalue weighted by molar-refractivity contribution is -0.139. The van der Waals surface area contributed by atoms with Crippen LogP contribution in [-0.2, 0) is 9.53 Å². The lowest BCUT2D eigenvalue weighted by Gasteiger charge is -2.26. The summed E-state index contributed by atoms with van der Waals surface area (Å²) in [5.41, 5.74) is -0.206. The van der Waals surface area contributed by atoms with Crippen LogP contribution in [0.2, 0.25) is 5.02 Å². The van der Waals surface area contributed by atoms with E-state index in [1.165, 1.54) is 0 Å². The molecule has 0 heterocycles. The van der Waals surface area contributed by atoms with Gasteiger partial charge in [-0.3, -0.25) is 4.79 Å². The molecule has 0 aliphatic heterocycles. The molecule has 1 amide bonds. The van der Waals surface area contributed by atoms with E-state index in [1.54, 1.807) is 25.1 Å². The van der Waals surface area contributed by atoms with Gasteiger partial charge in [0.2, 0.25) is 0 Å². The molecule has 0 aliphatic rings. The van der Waals surface area contributed by atoms with Gasteiger partial charge < -0.3 is 14.8 Å². The van der Waals surface area contributed by atoms with E-state index in [9.17, 15) is 4.79 Å². The van der Waals surface area contributed by atoms with Crippen molar-refractivity contribution in [2.45, 2.75) is 39.7 Å². The smallest absolute Gasteiger partial charge is 0.256 e. The first-order valence-corrected chi connectivity index (χ1v) is 7.22. The Bertz CT molecular complexity index is 464. The van der Waals surface area contributed by atoms with Crippen LogP contribution < -0.4 is 10.1 Å². The number of carbonyl (C=O) groups is 1. The molecule has 0 aliphatic carbocycles. The lowest BCUT2D eigenvalue weighted by atomic mass is 10.0. The van der Waals surface area contributed by atoms with Gasteiger partial charge in [-0.15, -0.1) is 0 Å². The molecule has 0 bridgehead atoms. The minimum Gasteiger partial charge on any atom is -0.492 e. The maximum absolute atomic E-state index is 12.3. The van der Waals surface area contributed by atoms with Gasteiger partial charge in [-0.2, -0.15) is 0 Å². The Hall–Kier alpha value is -1.26. The Kier molecular flexibility index (Phi) is 6.30. The van der Waals surface area contributed by atoms with Crippen molar-refractivity contribution in [3.8, 4) is 5.75 Å². The van der Waals surface area contributed by atoms with Crippen LogP contribution in [0.25, 0.3) is 0 Å². The van der Waals surface area contributed by atoms with Crippen LogP contribution in [0, 0.1) is 0 Å². The second-order valence-corrected chi connectivity index (χ2v) is 4.96. The molecule has 0 unspecified atom stereocenters. The van der Waals surface area contributed by atoms with Gasteiger partial charge in [-0.25, -0.2) is 0 Å². The van der Waals surface area contributed by atoms with Gasteiger partial charge in [0.05, 0.1) is 11.6 Å². The molecule has 0 radical (unpaired) electrons. The quantitative estimate of drug-likeness (QED) is 0.831. The molecule has 0 saturated carbocycles. The van der Waals surface area contributed by atoms with Gasteiger partial charge in [0, 0.05) is 12.3 Å². The van der Waals surface area contributed by atoms with E-state index in [1.807, 2.05) is 20.8 Å². The monoisotopic (exact) mass is 299 g/mol. The van der Waals surface area contributed by atoms with E-state index in [0.29, 0.717) is 36.1 Å². The van der Waals surface area contributed by atoms with Crippen molar-refractivity contribution in [1.29, 1.82) is 0 Å². The van der Waals surface area contributed by atoms with Crippen LogP contribution in [0.15, 0.2) is 18.2 Å². The second kappa shape index (κ2) is 7.50. The Balaban J connectivity index is 2.82. The Morgan fingerprint density at radius 1 is 1.30 bits per heavy atom. The SMILES string of the molecule is CCOc1ccc(NC(=O)[C@](C)(CC)OCC)cc1Cl. The predicted molar refractivity (Wildman–Crippen MR) is 81.6 cm³/mol. The molecule has 0 fully saturated rings. The van der Waals surface area contributed by atoms with E-state index in [4.69, 9.17) is 21.1 Å². The third kappa shape index (κ3) is 4.12. The first-order chi connectivity index (χ1) is 9.46. The van der Waals surface area contributed by atoms with Gasteiger partial charge in [0.1, 0.15) is 11.4 Å². The normalized spacial score (nSPS) is 13.7. The summed E-state index contributed by atoms with van der Waals surface area (Å²) in [5, 5.41) is 3.30. The zero-order chi connectivity index (χ0) is 15.2. The third-order valence-corrected chi connectivity index (χ3v) is 3.40. The highest BCUT2D eigenvalue weighted by atomic mass is 35.5. The molecule has 5 heteroatoms. The highest BCUT2D eigenvalue weighted by Gasteiger charge is 2.31. The molecule has 20 heavy (non-hydrogen) atoms. The molecular weight excluding hydrogens is 278 g/mol. The molecular formula is C15H22ClNO3. The fourth-order valence-corrected chi connectivity index (χ4v) is 2.00. The highest BCUT2D eigenvalue weighted by molar-refractivity contribution is 6.32. The largest absolute Gasteiger partial charge is 0.492 e. The fraction of sp³-hybridized carbons (Fsp3) is 0.533. The van der Waals surface area contributed by atoms with Gasteiger partial charge in [-0.05, 0) is 45.4 Å². The van der Waals surface area contributed by atoms with Gasteiger partial charge in [0.15, 0.2) is 0 Å². The second-order valence-electron chi connectivity index (χ2n) is 4.55. The van der Waals surface area contributed by atoms with Crippen LogP contribution >= 0.6 is 11.6 Å². The third-order valence-electron chi connectivity index (χ3n) is 3.11. The summed E-state index contributed by atoms with van der Waals surface area (Å²) >= 11 is 6.09. The summed E-state index contributed by atoms with van der Waals surface area (Å²) in [6.45, 7) is 8.49. The molecule has 1 N–H and O–H groups in total. The van der Waals surface area contributed by atoms with Crippen LogP contribution in [0.5, 0.6) is 5.75 Å². The zero-order valence-corrected chi connectivity index (χ0v) is 13.2. The summed E-state index contributed by atoms with van der Waals surface area (Å²) in [7, 11) is 0. The fourth-order valence-electron chi connectivity index (χ4n) is 1.76. The Morgan fingerprint density at radius 3 is 2.50 bits per heavy atom. The average molecular weight is 300 g/mol. The first kappa shape index (κ1) is 16.8. The van der Waals surface area contributed by atoms with E-state index in [2.05, 4.69) is 5.32 Å². The van der Waals surface area contributed by atoms with Crippen molar-refractivity contribution >= 4 is 23.2 Å². The van der Waals surface area contributed by atoms with Gasteiger partial charge >= 0.3 is 0 Å². The number of hydrogen-bond donors (Lipinski definition) is 1. The summed E-state index contributed by atoms with van der Waals surface area (Å²) in [4.78, 5) is 12.3. The van der Waals surface area contributed by atoms with Crippen LogP contribution in [-0.4, -0.2) is 24.7 Å². The summed E-state index contributed by atoms with van der Waals surface area (Å²) in [6.07, 6.45) is 0.595. The van der Waals surface area contributed by atoms with Crippen molar-refractivity contribution in [3.05, 3.63) is 23.2 Å². The molecule has 0 spiro atoms. The summed E-state index contributed by atoms with van der Waals surface area (Å²) in [5.74, 6) is 0.428. The Labute approximate surface area is 125 Å². The molecule has 1 atom stereocenters. The van der Waals surface area contributed by atoms with Crippen LogP contribution in [0.3, 0.4) is 0 Å². The topological polar surface area (TPSA) is 47.6 Å². The molecule has 1 aromatic carbocycles. The minimum atomic E-state index is -0.834. The number of hydrogen-bond acceptors (Lipinski definition) is 3. The minimum absolute atomic E-state index is 0.179. The number of anilines is 1. The molecule has 112 valence electrons. The molecule has 0 aromatic heterocycles. The number of halogens is 1. The maximum Gasteiger partial charge on any atom is 0.256 e. The number of amides is 1. The molecule has 1 rings (SSSR count). The standard InChI is InChI=1S/C15H22ClNO3/c1-5-15(4,20-7-3)14(18)17-11-8-9-13(19-6-2)12(16)10-11/h8-10H,5-7H2,1-4H3,(H,17,18)/t15-/m0/s1. The highest BCUT2D eigenvalue weighted by Crippen LogP contribution is 2.28. The lowest BCUT2D eigenvalue weighted by Crippen LogP contribution is -2.42. The van der Waals surface area contributed by atoms with E-state index in [-0.39, 0.29) is 5.91 Å². The number of benzene rings is 1. The number of carbonyl (C=O) groups excluding carboxylic acids is 1. The zero-order valence-electron chi connectivity index (χ0n) is 12.5. The summed E-state index contributed by atoms with van der Waals surface area (Å²) in [6, 6.07) is 5.18. The van der Waals surface area contributed by atoms with Crippen LogP contribution in [0.4, 0.5) is 5.69 Å². The Morgan fingerprint density at radius 2 is 2.00 bits per heavy atom. The van der Waals surface area contributed by atoms with Crippen molar-refractivity contribution < 1.29 is 14.3 Å². The predicted octanol–water partition coefficient (Wildman–Crippen LogP) is 3.88. The molecule has 4 nitrogen and oxygen atoms in total.